The topological polar surface area (TPSA) is 38.3 Å². The van der Waals surface area contributed by atoms with Crippen LogP contribution in [0.5, 0.6) is 5.75 Å². The van der Waals surface area contributed by atoms with Crippen molar-refractivity contribution in [2.45, 2.75) is 6.42 Å². The average molecular weight is 261 g/mol. The zero-order chi connectivity index (χ0) is 12.8. The van der Waals surface area contributed by atoms with Gasteiger partial charge in [0.2, 0.25) is 0 Å². The fourth-order valence-electron chi connectivity index (χ4n) is 1.68. The predicted octanol–water partition coefficient (Wildman–Crippen LogP) is 2.73. The second-order valence-corrected chi connectivity index (χ2v) is 4.82. The third-order valence-corrected chi connectivity index (χ3v) is 3.52. The van der Waals surface area contributed by atoms with Crippen LogP contribution in [0.25, 0.3) is 0 Å². The van der Waals surface area contributed by atoms with Crippen LogP contribution < -0.4 is 10.1 Å². The highest BCUT2D eigenvalue weighted by Gasteiger charge is 2.10. The standard InChI is InChI=1S/C14H15NO2S/c1-17-13-7-3-2-6-12(13)14(16)15-9-8-11-5-4-10-18-11/h2-7,10H,8-9H2,1H3,(H,15,16). The third-order valence-electron chi connectivity index (χ3n) is 2.59. The summed E-state index contributed by atoms with van der Waals surface area (Å²) in [5.41, 5.74) is 0.575. The molecular formula is C14H15NO2S. The fraction of sp³-hybridized carbons (Fsp3) is 0.214. The summed E-state index contributed by atoms with van der Waals surface area (Å²) in [5.74, 6) is 0.509. The van der Waals surface area contributed by atoms with Gasteiger partial charge in [-0.3, -0.25) is 4.79 Å². The van der Waals surface area contributed by atoms with Crippen molar-refractivity contribution < 1.29 is 9.53 Å². The molecule has 0 radical (unpaired) electrons. The minimum atomic E-state index is -0.0935. The van der Waals surface area contributed by atoms with E-state index in [1.165, 1.54) is 4.88 Å². The predicted molar refractivity (Wildman–Crippen MR) is 73.4 cm³/mol. The van der Waals surface area contributed by atoms with Gasteiger partial charge < -0.3 is 10.1 Å². The number of carbonyl (C=O) groups excluding carboxylic acids is 1. The quantitative estimate of drug-likeness (QED) is 0.898. The zero-order valence-electron chi connectivity index (χ0n) is 10.2. The molecule has 0 aliphatic carbocycles. The highest BCUT2D eigenvalue weighted by molar-refractivity contribution is 7.09. The smallest absolute Gasteiger partial charge is 0.255 e. The minimum Gasteiger partial charge on any atom is -0.496 e. The molecule has 4 heteroatoms. The number of ether oxygens (including phenoxy) is 1. The van der Waals surface area contributed by atoms with Crippen molar-refractivity contribution >= 4 is 17.2 Å². The molecule has 0 bridgehead atoms. The van der Waals surface area contributed by atoms with E-state index in [0.29, 0.717) is 17.9 Å². The van der Waals surface area contributed by atoms with E-state index < -0.39 is 0 Å². The van der Waals surface area contributed by atoms with Crippen LogP contribution in [-0.4, -0.2) is 19.6 Å². The molecule has 2 aromatic rings. The molecule has 1 N–H and O–H groups in total. The third kappa shape index (κ3) is 3.11. The Morgan fingerprint density at radius 3 is 2.83 bits per heavy atom. The van der Waals surface area contributed by atoms with E-state index in [9.17, 15) is 4.79 Å². The number of hydrogen-bond donors (Lipinski definition) is 1. The Morgan fingerprint density at radius 2 is 2.11 bits per heavy atom. The minimum absolute atomic E-state index is 0.0935. The molecule has 1 amide bonds. The summed E-state index contributed by atoms with van der Waals surface area (Å²) >= 11 is 1.70. The van der Waals surface area contributed by atoms with Gasteiger partial charge in [0.05, 0.1) is 12.7 Å². The van der Waals surface area contributed by atoms with Crippen LogP contribution in [0.15, 0.2) is 41.8 Å². The van der Waals surface area contributed by atoms with Crippen LogP contribution in [0.3, 0.4) is 0 Å². The Labute approximate surface area is 110 Å². The van der Waals surface area contributed by atoms with Crippen LogP contribution in [0.1, 0.15) is 15.2 Å². The van der Waals surface area contributed by atoms with Crippen molar-refractivity contribution in [3.05, 3.63) is 52.2 Å². The number of thiophene rings is 1. The van der Waals surface area contributed by atoms with E-state index in [1.807, 2.05) is 23.6 Å². The van der Waals surface area contributed by atoms with Gasteiger partial charge in [-0.25, -0.2) is 0 Å². The molecule has 1 aromatic carbocycles. The van der Waals surface area contributed by atoms with Gasteiger partial charge in [0.25, 0.3) is 5.91 Å². The molecule has 18 heavy (non-hydrogen) atoms. The second kappa shape index (κ2) is 6.21. The SMILES string of the molecule is COc1ccccc1C(=O)NCCc1cccs1. The monoisotopic (exact) mass is 261 g/mol. The molecular weight excluding hydrogens is 246 g/mol. The molecule has 0 spiro atoms. The number of hydrogen-bond acceptors (Lipinski definition) is 3. The number of para-hydroxylation sites is 1. The van der Waals surface area contributed by atoms with Gasteiger partial charge in [0, 0.05) is 11.4 Å². The average Bonchev–Trinajstić information content (AvgIpc) is 2.91. The Kier molecular flexibility index (Phi) is 4.36. The number of benzene rings is 1. The highest BCUT2D eigenvalue weighted by Crippen LogP contribution is 2.16. The van der Waals surface area contributed by atoms with Crippen molar-refractivity contribution in [1.82, 2.24) is 5.32 Å². The molecule has 0 saturated carbocycles. The molecule has 94 valence electrons. The lowest BCUT2D eigenvalue weighted by molar-refractivity contribution is 0.0951. The van der Waals surface area contributed by atoms with Crippen molar-refractivity contribution in [1.29, 1.82) is 0 Å². The summed E-state index contributed by atoms with van der Waals surface area (Å²) in [6.07, 6.45) is 0.860. The van der Waals surface area contributed by atoms with Crippen LogP contribution >= 0.6 is 11.3 Å². The van der Waals surface area contributed by atoms with Gasteiger partial charge in [0.1, 0.15) is 5.75 Å². The lowest BCUT2D eigenvalue weighted by Crippen LogP contribution is -2.25. The van der Waals surface area contributed by atoms with Crippen molar-refractivity contribution in [3.8, 4) is 5.75 Å². The number of nitrogens with one attached hydrogen (secondary N) is 1. The Balaban J connectivity index is 1.91. The molecule has 0 atom stereocenters. The summed E-state index contributed by atoms with van der Waals surface area (Å²) in [6, 6.07) is 11.3. The van der Waals surface area contributed by atoms with E-state index in [4.69, 9.17) is 4.74 Å². The van der Waals surface area contributed by atoms with Crippen molar-refractivity contribution in [2.24, 2.45) is 0 Å². The van der Waals surface area contributed by atoms with Gasteiger partial charge in [-0.15, -0.1) is 11.3 Å². The first kappa shape index (κ1) is 12.6. The van der Waals surface area contributed by atoms with Gasteiger partial charge in [-0.1, -0.05) is 18.2 Å². The van der Waals surface area contributed by atoms with E-state index in [0.717, 1.165) is 6.42 Å². The fourth-order valence-corrected chi connectivity index (χ4v) is 2.39. The molecule has 0 unspecified atom stereocenters. The van der Waals surface area contributed by atoms with E-state index in [2.05, 4.69) is 11.4 Å². The maximum atomic E-state index is 12.0. The molecule has 0 aliphatic heterocycles. The second-order valence-electron chi connectivity index (χ2n) is 3.79. The maximum Gasteiger partial charge on any atom is 0.255 e. The van der Waals surface area contributed by atoms with Crippen LogP contribution in [0, 0.1) is 0 Å². The summed E-state index contributed by atoms with van der Waals surface area (Å²) in [6.45, 7) is 0.636. The molecule has 0 aliphatic rings. The first-order valence-electron chi connectivity index (χ1n) is 5.75. The van der Waals surface area contributed by atoms with E-state index in [1.54, 1.807) is 30.6 Å². The Hall–Kier alpha value is -1.81. The molecule has 0 fully saturated rings. The number of methoxy groups -OCH3 is 1. The Morgan fingerprint density at radius 1 is 1.28 bits per heavy atom. The number of carbonyl (C=O) groups is 1. The lowest BCUT2D eigenvalue weighted by atomic mass is 10.2. The summed E-state index contributed by atoms with van der Waals surface area (Å²) in [5, 5.41) is 4.94. The van der Waals surface area contributed by atoms with Crippen molar-refractivity contribution in [2.75, 3.05) is 13.7 Å². The van der Waals surface area contributed by atoms with E-state index >= 15 is 0 Å². The Bertz CT molecular complexity index is 508. The van der Waals surface area contributed by atoms with Gasteiger partial charge >= 0.3 is 0 Å². The first-order valence-corrected chi connectivity index (χ1v) is 6.63. The van der Waals surface area contributed by atoms with Crippen LogP contribution in [-0.2, 0) is 6.42 Å². The summed E-state index contributed by atoms with van der Waals surface area (Å²) in [7, 11) is 1.57. The normalized spacial score (nSPS) is 10.1. The van der Waals surface area contributed by atoms with Crippen molar-refractivity contribution in [3.63, 3.8) is 0 Å². The number of rotatable bonds is 5. The van der Waals surface area contributed by atoms with Crippen LogP contribution in [0.2, 0.25) is 0 Å². The van der Waals surface area contributed by atoms with Gasteiger partial charge in [-0.2, -0.15) is 0 Å². The molecule has 1 heterocycles. The summed E-state index contributed by atoms with van der Waals surface area (Å²) < 4.78 is 5.16. The maximum absolute atomic E-state index is 12.0. The van der Waals surface area contributed by atoms with Gasteiger partial charge in [-0.05, 0) is 30.0 Å². The molecule has 1 aromatic heterocycles. The number of amides is 1. The lowest BCUT2D eigenvalue weighted by Gasteiger charge is -2.08. The van der Waals surface area contributed by atoms with Gasteiger partial charge in [0.15, 0.2) is 0 Å². The molecule has 2 rings (SSSR count). The zero-order valence-corrected chi connectivity index (χ0v) is 11.0. The van der Waals surface area contributed by atoms with Crippen LogP contribution in [0.4, 0.5) is 0 Å². The first-order chi connectivity index (χ1) is 8.81. The molecule has 3 nitrogen and oxygen atoms in total. The molecule has 0 saturated heterocycles. The highest BCUT2D eigenvalue weighted by atomic mass is 32.1. The largest absolute Gasteiger partial charge is 0.496 e. The van der Waals surface area contributed by atoms with E-state index in [-0.39, 0.29) is 5.91 Å². The summed E-state index contributed by atoms with van der Waals surface area (Å²) in [4.78, 5) is 13.2.